The predicted molar refractivity (Wildman–Crippen MR) is 81.0 cm³/mol. The normalized spacial score (nSPS) is 15.5. The zero-order chi connectivity index (χ0) is 15.2. The maximum Gasteiger partial charge on any atom is 0.243 e. The maximum absolute atomic E-state index is 12.2. The summed E-state index contributed by atoms with van der Waals surface area (Å²) in [6.07, 6.45) is 1.48. The van der Waals surface area contributed by atoms with Gasteiger partial charge in [0, 0.05) is 31.9 Å². The number of likely N-dealkylation sites (N-methyl/N-ethyl adjacent to an activating group) is 1. The van der Waals surface area contributed by atoms with Gasteiger partial charge in [-0.05, 0) is 31.9 Å². The molecule has 5 nitrogen and oxygen atoms in total. The van der Waals surface area contributed by atoms with Crippen molar-refractivity contribution in [3.63, 3.8) is 0 Å². The van der Waals surface area contributed by atoms with E-state index in [0.29, 0.717) is 13.2 Å². The molecule has 1 aromatic rings. The third-order valence-electron chi connectivity index (χ3n) is 3.66. The summed E-state index contributed by atoms with van der Waals surface area (Å²) >= 11 is 0. The van der Waals surface area contributed by atoms with Gasteiger partial charge in [0.25, 0.3) is 0 Å². The summed E-state index contributed by atoms with van der Waals surface area (Å²) in [6.45, 7) is 3.32. The number of amides is 2. The molecule has 1 N–H and O–H groups in total. The first-order chi connectivity index (χ1) is 10.1. The quantitative estimate of drug-likeness (QED) is 0.920. The van der Waals surface area contributed by atoms with Crippen molar-refractivity contribution in [2.24, 2.45) is 5.92 Å². The van der Waals surface area contributed by atoms with E-state index < -0.39 is 0 Å². The average Bonchev–Trinajstić information content (AvgIpc) is 2.49. The summed E-state index contributed by atoms with van der Waals surface area (Å²) < 4.78 is 5.25. The Morgan fingerprint density at radius 1 is 1.24 bits per heavy atom. The van der Waals surface area contributed by atoms with E-state index in [0.717, 1.165) is 24.1 Å². The first kappa shape index (κ1) is 15.5. The molecule has 1 aromatic carbocycles. The molecule has 1 heterocycles. The Balaban J connectivity index is 1.83. The van der Waals surface area contributed by atoms with Crippen molar-refractivity contribution in [2.75, 3.05) is 32.1 Å². The molecule has 1 fully saturated rings. The molecule has 0 bridgehead atoms. The molecule has 0 radical (unpaired) electrons. The lowest BCUT2D eigenvalue weighted by Crippen LogP contribution is -2.40. The van der Waals surface area contributed by atoms with E-state index in [1.807, 2.05) is 31.2 Å². The summed E-state index contributed by atoms with van der Waals surface area (Å²) in [6, 6.07) is 7.58. The smallest absolute Gasteiger partial charge is 0.243 e. The van der Waals surface area contributed by atoms with Crippen molar-refractivity contribution in [3.8, 4) is 0 Å². The second-order valence-electron chi connectivity index (χ2n) is 5.50. The zero-order valence-corrected chi connectivity index (χ0v) is 12.6. The van der Waals surface area contributed by atoms with Gasteiger partial charge in [-0.25, -0.2) is 0 Å². The summed E-state index contributed by atoms with van der Waals surface area (Å²) in [5, 5.41) is 2.80. The molecule has 1 aliphatic rings. The molecule has 1 aliphatic heterocycles. The van der Waals surface area contributed by atoms with Crippen LogP contribution in [0.4, 0.5) is 5.69 Å². The maximum atomic E-state index is 12.2. The van der Waals surface area contributed by atoms with Crippen LogP contribution in [-0.4, -0.2) is 43.5 Å². The number of aryl methyl sites for hydroxylation is 1. The molecule has 1 saturated heterocycles. The average molecular weight is 290 g/mol. The summed E-state index contributed by atoms with van der Waals surface area (Å²) in [5.41, 5.74) is 1.89. The highest BCUT2D eigenvalue weighted by molar-refractivity contribution is 5.94. The van der Waals surface area contributed by atoms with Gasteiger partial charge in [0.15, 0.2) is 0 Å². The Morgan fingerprint density at radius 2 is 1.86 bits per heavy atom. The molecular weight excluding hydrogens is 268 g/mol. The molecule has 0 atom stereocenters. The van der Waals surface area contributed by atoms with Crippen LogP contribution < -0.4 is 5.32 Å². The van der Waals surface area contributed by atoms with Crippen LogP contribution in [-0.2, 0) is 14.3 Å². The van der Waals surface area contributed by atoms with Crippen LogP contribution in [0.2, 0.25) is 0 Å². The molecule has 0 aromatic heterocycles. The number of ether oxygens (including phenoxy) is 1. The fourth-order valence-electron chi connectivity index (χ4n) is 2.39. The second kappa shape index (κ2) is 7.22. The van der Waals surface area contributed by atoms with Crippen molar-refractivity contribution < 1.29 is 14.3 Å². The third kappa shape index (κ3) is 4.56. The Kier molecular flexibility index (Phi) is 5.33. The monoisotopic (exact) mass is 290 g/mol. The minimum Gasteiger partial charge on any atom is -0.381 e. The number of anilines is 1. The molecule has 0 aliphatic carbocycles. The SMILES string of the molecule is Cc1ccc(NC(=O)CN(C)C(=O)C2CCOCC2)cc1. The number of nitrogens with one attached hydrogen (secondary N) is 1. The van der Waals surface area contributed by atoms with Crippen LogP contribution >= 0.6 is 0 Å². The van der Waals surface area contributed by atoms with E-state index in [2.05, 4.69) is 5.32 Å². The molecule has 114 valence electrons. The van der Waals surface area contributed by atoms with Crippen LogP contribution in [0.15, 0.2) is 24.3 Å². The lowest BCUT2D eigenvalue weighted by atomic mass is 9.99. The second-order valence-corrected chi connectivity index (χ2v) is 5.50. The summed E-state index contributed by atoms with van der Waals surface area (Å²) in [7, 11) is 1.67. The van der Waals surface area contributed by atoms with E-state index in [1.165, 1.54) is 4.90 Å². The number of hydrogen-bond donors (Lipinski definition) is 1. The Bertz CT molecular complexity index is 493. The van der Waals surface area contributed by atoms with E-state index in [4.69, 9.17) is 4.74 Å². The lowest BCUT2D eigenvalue weighted by Gasteiger charge is -2.26. The zero-order valence-electron chi connectivity index (χ0n) is 12.6. The van der Waals surface area contributed by atoms with E-state index in [1.54, 1.807) is 7.05 Å². The van der Waals surface area contributed by atoms with Crippen LogP contribution in [0.1, 0.15) is 18.4 Å². The fraction of sp³-hybridized carbons (Fsp3) is 0.500. The largest absolute Gasteiger partial charge is 0.381 e. The van der Waals surface area contributed by atoms with E-state index in [9.17, 15) is 9.59 Å². The van der Waals surface area contributed by atoms with Crippen LogP contribution in [0.3, 0.4) is 0 Å². The van der Waals surface area contributed by atoms with Gasteiger partial charge in [0.2, 0.25) is 11.8 Å². The van der Waals surface area contributed by atoms with Crippen LogP contribution in [0.25, 0.3) is 0 Å². The van der Waals surface area contributed by atoms with Crippen molar-refractivity contribution >= 4 is 17.5 Å². The minimum absolute atomic E-state index is 0.0177. The van der Waals surface area contributed by atoms with Gasteiger partial charge in [-0.2, -0.15) is 0 Å². The van der Waals surface area contributed by atoms with E-state index >= 15 is 0 Å². The van der Waals surface area contributed by atoms with Crippen LogP contribution in [0.5, 0.6) is 0 Å². The number of carbonyl (C=O) groups excluding carboxylic acids is 2. The molecule has 21 heavy (non-hydrogen) atoms. The predicted octanol–water partition coefficient (Wildman–Crippen LogP) is 1.82. The van der Waals surface area contributed by atoms with Crippen molar-refractivity contribution in [1.29, 1.82) is 0 Å². The van der Waals surface area contributed by atoms with Gasteiger partial charge < -0.3 is 15.0 Å². The van der Waals surface area contributed by atoms with Gasteiger partial charge in [0.05, 0.1) is 6.54 Å². The first-order valence-corrected chi connectivity index (χ1v) is 7.25. The van der Waals surface area contributed by atoms with Crippen LogP contribution in [0, 0.1) is 12.8 Å². The van der Waals surface area contributed by atoms with Crippen molar-refractivity contribution in [1.82, 2.24) is 4.90 Å². The Hall–Kier alpha value is -1.88. The fourth-order valence-corrected chi connectivity index (χ4v) is 2.39. The highest BCUT2D eigenvalue weighted by Crippen LogP contribution is 2.17. The molecule has 5 heteroatoms. The minimum atomic E-state index is -0.179. The van der Waals surface area contributed by atoms with Gasteiger partial charge in [-0.1, -0.05) is 17.7 Å². The standard InChI is InChI=1S/C16H22N2O3/c1-12-3-5-14(6-4-12)17-15(19)11-18(2)16(20)13-7-9-21-10-8-13/h3-6,13H,7-11H2,1-2H3,(H,17,19). The first-order valence-electron chi connectivity index (χ1n) is 7.25. The number of rotatable bonds is 4. The lowest BCUT2D eigenvalue weighted by molar-refractivity contribution is -0.139. The molecule has 2 rings (SSSR count). The Morgan fingerprint density at radius 3 is 2.48 bits per heavy atom. The number of carbonyl (C=O) groups is 2. The van der Waals surface area contributed by atoms with E-state index in [-0.39, 0.29) is 24.3 Å². The number of nitrogens with zero attached hydrogens (tertiary/aromatic N) is 1. The summed E-state index contributed by atoms with van der Waals surface area (Å²) in [4.78, 5) is 25.7. The van der Waals surface area contributed by atoms with Crippen molar-refractivity contribution in [2.45, 2.75) is 19.8 Å². The molecule has 2 amide bonds. The van der Waals surface area contributed by atoms with Crippen molar-refractivity contribution in [3.05, 3.63) is 29.8 Å². The topological polar surface area (TPSA) is 58.6 Å². The molecule has 0 spiro atoms. The summed E-state index contributed by atoms with van der Waals surface area (Å²) in [5.74, 6) is -0.171. The molecule has 0 saturated carbocycles. The number of hydrogen-bond acceptors (Lipinski definition) is 3. The number of benzene rings is 1. The van der Waals surface area contributed by atoms with Gasteiger partial charge in [0.1, 0.15) is 0 Å². The third-order valence-corrected chi connectivity index (χ3v) is 3.66. The Labute approximate surface area is 125 Å². The van der Waals surface area contributed by atoms with Gasteiger partial charge in [-0.3, -0.25) is 9.59 Å². The van der Waals surface area contributed by atoms with Gasteiger partial charge in [-0.15, -0.1) is 0 Å². The molecular formula is C16H22N2O3. The van der Waals surface area contributed by atoms with Gasteiger partial charge >= 0.3 is 0 Å². The highest BCUT2D eigenvalue weighted by atomic mass is 16.5. The highest BCUT2D eigenvalue weighted by Gasteiger charge is 2.25. The molecule has 0 unspecified atom stereocenters.